The van der Waals surface area contributed by atoms with Crippen LogP contribution in [0.1, 0.15) is 10.4 Å². The van der Waals surface area contributed by atoms with E-state index in [1.165, 1.54) is 33.3 Å². The molecule has 0 heterocycles. The Balaban J connectivity index is 2.48. The molecule has 1 amide bonds. The first-order valence-electron chi connectivity index (χ1n) is 7.50. The number of anilines is 1. The second kappa shape index (κ2) is 8.47. The minimum Gasteiger partial charge on any atom is -0.494 e. The van der Waals surface area contributed by atoms with Gasteiger partial charge < -0.3 is 10.1 Å². The van der Waals surface area contributed by atoms with Crippen molar-refractivity contribution in [2.75, 3.05) is 26.5 Å². The molecule has 2 aromatic carbocycles. The van der Waals surface area contributed by atoms with Gasteiger partial charge in [0.1, 0.15) is 16.3 Å². The van der Waals surface area contributed by atoms with E-state index in [2.05, 4.69) is 25.8 Å². The van der Waals surface area contributed by atoms with Crippen LogP contribution >= 0.6 is 0 Å². The fourth-order valence-electron chi connectivity index (χ4n) is 2.23. The van der Waals surface area contributed by atoms with Gasteiger partial charge in [-0.2, -0.15) is 28.9 Å². The largest absolute Gasteiger partial charge is 0.494 e. The summed E-state index contributed by atoms with van der Waals surface area (Å²) in [4.78, 5) is 12.0. The number of hydrogen-bond acceptors (Lipinski definition) is 8. The van der Waals surface area contributed by atoms with Crippen molar-refractivity contribution < 1.29 is 22.5 Å². The van der Waals surface area contributed by atoms with E-state index in [0.29, 0.717) is 5.69 Å². The summed E-state index contributed by atoms with van der Waals surface area (Å²) in [6, 6.07) is 8.66. The van der Waals surface area contributed by atoms with Crippen LogP contribution in [0.5, 0.6) is 5.75 Å². The lowest BCUT2D eigenvalue weighted by molar-refractivity contribution is 0.102. The van der Waals surface area contributed by atoms with E-state index in [1.807, 2.05) is 0 Å². The van der Waals surface area contributed by atoms with Gasteiger partial charge in [-0.05, 0) is 24.3 Å². The van der Waals surface area contributed by atoms with E-state index in [9.17, 15) is 17.8 Å². The number of nitrogens with zero attached hydrogens (tertiary/aromatic N) is 4. The second-order valence-corrected chi connectivity index (χ2v) is 6.49. The Morgan fingerprint density at radius 2 is 1.81 bits per heavy atom. The third-order valence-corrected chi connectivity index (χ3v) is 4.22. The predicted octanol–water partition coefficient (Wildman–Crippen LogP) is 3.62. The lowest BCUT2D eigenvalue weighted by atomic mass is 10.2. The van der Waals surface area contributed by atoms with E-state index in [1.54, 1.807) is 18.2 Å². The first kappa shape index (κ1) is 20.1. The smallest absolute Gasteiger partial charge is 0.296 e. The molecule has 0 aliphatic heterocycles. The predicted molar refractivity (Wildman–Crippen MR) is 98.1 cm³/mol. The first-order valence-corrected chi connectivity index (χ1v) is 8.94. The minimum absolute atomic E-state index is 0.0349. The maximum absolute atomic E-state index is 12.5. The van der Waals surface area contributed by atoms with Crippen LogP contribution in [0.2, 0.25) is 0 Å². The Morgan fingerprint density at radius 3 is 2.41 bits per heavy atom. The SMILES string of the molecule is CN=Nc1cccc(C(=O)Nc2cc(S(=O)(=O)O)c(N=NC)cc2OC)c1. The normalized spacial score (nSPS) is 11.9. The third-order valence-electron chi connectivity index (χ3n) is 3.34. The number of ether oxygens (including phenoxy) is 1. The van der Waals surface area contributed by atoms with Crippen LogP contribution in [0.3, 0.4) is 0 Å². The highest BCUT2D eigenvalue weighted by atomic mass is 32.2. The van der Waals surface area contributed by atoms with Gasteiger partial charge >= 0.3 is 0 Å². The van der Waals surface area contributed by atoms with Crippen molar-refractivity contribution >= 4 is 33.1 Å². The maximum atomic E-state index is 12.5. The average molecular weight is 391 g/mol. The average Bonchev–Trinajstić information content (AvgIpc) is 2.62. The summed E-state index contributed by atoms with van der Waals surface area (Å²) in [5.41, 5.74) is 0.662. The Kier molecular flexibility index (Phi) is 6.32. The number of benzene rings is 2. The maximum Gasteiger partial charge on any atom is 0.296 e. The molecule has 0 aromatic heterocycles. The highest BCUT2D eigenvalue weighted by Crippen LogP contribution is 2.36. The fourth-order valence-corrected chi connectivity index (χ4v) is 2.86. The van der Waals surface area contributed by atoms with Gasteiger partial charge in [0.15, 0.2) is 0 Å². The molecule has 2 rings (SSSR count). The molecule has 0 saturated carbocycles. The fraction of sp³-hybridized carbons (Fsp3) is 0.188. The molecule has 0 aliphatic rings. The van der Waals surface area contributed by atoms with E-state index in [0.717, 1.165) is 6.07 Å². The minimum atomic E-state index is -4.61. The van der Waals surface area contributed by atoms with Gasteiger partial charge in [0.2, 0.25) is 0 Å². The van der Waals surface area contributed by atoms with Crippen molar-refractivity contribution in [1.29, 1.82) is 0 Å². The van der Waals surface area contributed by atoms with E-state index in [4.69, 9.17) is 4.74 Å². The third kappa shape index (κ3) is 4.92. The van der Waals surface area contributed by atoms with Gasteiger partial charge in [0, 0.05) is 25.7 Å². The van der Waals surface area contributed by atoms with E-state index < -0.39 is 20.9 Å². The number of carbonyl (C=O) groups excluding carboxylic acids is 1. The number of hydrogen-bond donors (Lipinski definition) is 2. The van der Waals surface area contributed by atoms with Crippen molar-refractivity contribution in [3.63, 3.8) is 0 Å². The van der Waals surface area contributed by atoms with Gasteiger partial charge in [-0.15, -0.1) is 0 Å². The van der Waals surface area contributed by atoms with Crippen molar-refractivity contribution in [2.24, 2.45) is 20.5 Å². The lowest BCUT2D eigenvalue weighted by Crippen LogP contribution is -2.13. The number of amides is 1. The molecule has 0 atom stereocenters. The Labute approximate surface area is 155 Å². The Bertz CT molecular complexity index is 1020. The van der Waals surface area contributed by atoms with Crippen molar-refractivity contribution in [3.8, 4) is 5.75 Å². The standard InChI is InChI=1S/C16H17N5O5S/c1-17-20-11-6-4-5-10(7-11)16(22)19-12-9-15(27(23,24)25)13(21-18-2)8-14(12)26-3/h4-9H,1-3H3,(H,19,22)(H,23,24,25). The van der Waals surface area contributed by atoms with Crippen LogP contribution < -0.4 is 10.1 Å². The molecule has 2 N–H and O–H groups in total. The highest BCUT2D eigenvalue weighted by molar-refractivity contribution is 7.86. The first-order chi connectivity index (χ1) is 12.8. The topological polar surface area (TPSA) is 142 Å². The summed E-state index contributed by atoms with van der Waals surface area (Å²) in [5, 5.41) is 17.2. The van der Waals surface area contributed by atoms with Gasteiger partial charge in [-0.1, -0.05) is 6.07 Å². The van der Waals surface area contributed by atoms with E-state index >= 15 is 0 Å². The summed E-state index contributed by atoms with van der Waals surface area (Å²) in [6.07, 6.45) is 0. The molecule has 0 fully saturated rings. The molecular formula is C16H17N5O5S. The van der Waals surface area contributed by atoms with E-state index in [-0.39, 0.29) is 22.7 Å². The van der Waals surface area contributed by atoms with Gasteiger partial charge in [-0.25, -0.2) is 0 Å². The molecule has 11 heteroatoms. The molecule has 142 valence electrons. The van der Waals surface area contributed by atoms with Crippen LogP contribution in [0.4, 0.5) is 17.1 Å². The van der Waals surface area contributed by atoms with Gasteiger partial charge in [0.25, 0.3) is 16.0 Å². The summed E-state index contributed by atoms with van der Waals surface area (Å²) >= 11 is 0. The monoisotopic (exact) mass is 391 g/mol. The summed E-state index contributed by atoms with van der Waals surface area (Å²) < 4.78 is 37.9. The second-order valence-electron chi connectivity index (χ2n) is 5.10. The van der Waals surface area contributed by atoms with Crippen molar-refractivity contribution in [1.82, 2.24) is 0 Å². The molecule has 0 aliphatic carbocycles. The van der Waals surface area contributed by atoms with Crippen LogP contribution in [-0.4, -0.2) is 40.1 Å². The zero-order valence-electron chi connectivity index (χ0n) is 14.7. The zero-order valence-corrected chi connectivity index (χ0v) is 15.6. The lowest BCUT2D eigenvalue weighted by Gasteiger charge is -2.13. The summed E-state index contributed by atoms with van der Waals surface area (Å²) in [6.45, 7) is 0. The molecular weight excluding hydrogens is 374 g/mol. The molecule has 0 bridgehead atoms. The molecule has 10 nitrogen and oxygen atoms in total. The number of rotatable bonds is 6. The number of azo groups is 2. The van der Waals surface area contributed by atoms with Crippen LogP contribution in [0.25, 0.3) is 0 Å². The van der Waals surface area contributed by atoms with Gasteiger partial charge in [0.05, 0.1) is 18.5 Å². The van der Waals surface area contributed by atoms with Crippen LogP contribution in [0.15, 0.2) is 61.8 Å². The van der Waals surface area contributed by atoms with Crippen LogP contribution in [-0.2, 0) is 10.1 Å². The summed E-state index contributed by atoms with van der Waals surface area (Å²) in [7, 11) is -0.418. The molecule has 0 unspecified atom stereocenters. The molecule has 0 radical (unpaired) electrons. The van der Waals surface area contributed by atoms with Crippen molar-refractivity contribution in [3.05, 3.63) is 42.0 Å². The number of carbonyl (C=O) groups is 1. The Morgan fingerprint density at radius 1 is 1.11 bits per heavy atom. The van der Waals surface area contributed by atoms with Crippen LogP contribution in [0, 0.1) is 0 Å². The quantitative estimate of drug-likeness (QED) is 0.571. The number of nitrogens with one attached hydrogen (secondary N) is 1. The highest BCUT2D eigenvalue weighted by Gasteiger charge is 2.21. The molecule has 0 saturated heterocycles. The van der Waals surface area contributed by atoms with Crippen molar-refractivity contribution in [2.45, 2.75) is 4.90 Å². The number of methoxy groups -OCH3 is 1. The summed E-state index contributed by atoms with van der Waals surface area (Å²) in [5.74, 6) is -0.393. The van der Waals surface area contributed by atoms with Gasteiger partial charge in [-0.3, -0.25) is 9.35 Å². The Hall–Kier alpha value is -3.18. The molecule has 27 heavy (non-hydrogen) atoms. The molecule has 0 spiro atoms. The molecule has 2 aromatic rings. The zero-order chi connectivity index (χ0) is 20.0.